The highest BCUT2D eigenvalue weighted by Crippen LogP contribution is 2.33. The van der Waals surface area contributed by atoms with Crippen LogP contribution in [0.15, 0.2) is 47.5 Å². The lowest BCUT2D eigenvalue weighted by Gasteiger charge is -2.19. The van der Waals surface area contributed by atoms with E-state index in [4.69, 9.17) is 9.47 Å². The van der Waals surface area contributed by atoms with Crippen molar-refractivity contribution in [1.82, 2.24) is 20.3 Å². The molecule has 0 radical (unpaired) electrons. The van der Waals surface area contributed by atoms with Gasteiger partial charge in [0, 0.05) is 29.2 Å². The number of aromatic amines is 1. The maximum absolute atomic E-state index is 12.7. The monoisotopic (exact) mass is 462 g/mol. The first-order valence-electron chi connectivity index (χ1n) is 11.6. The number of pyridine rings is 1. The third kappa shape index (κ3) is 5.44. The van der Waals surface area contributed by atoms with Gasteiger partial charge in [-0.1, -0.05) is 6.07 Å². The molecule has 1 aromatic carbocycles. The van der Waals surface area contributed by atoms with Crippen LogP contribution < -0.4 is 20.3 Å². The van der Waals surface area contributed by atoms with E-state index in [2.05, 4.69) is 20.3 Å². The molecular formula is C26H30N4O4. The van der Waals surface area contributed by atoms with Gasteiger partial charge in [0.15, 0.2) is 11.5 Å². The van der Waals surface area contributed by atoms with Crippen LogP contribution in [0.2, 0.25) is 0 Å². The number of aryl methyl sites for hydroxylation is 1. The number of methoxy groups -OCH3 is 1. The summed E-state index contributed by atoms with van der Waals surface area (Å²) in [6, 6.07) is 9.03. The van der Waals surface area contributed by atoms with Crippen molar-refractivity contribution in [3.05, 3.63) is 69.9 Å². The number of benzene rings is 1. The molecule has 2 heterocycles. The molecule has 1 amide bonds. The third-order valence-corrected chi connectivity index (χ3v) is 6.16. The molecule has 1 aliphatic rings. The Bertz CT molecular complexity index is 1200. The van der Waals surface area contributed by atoms with Gasteiger partial charge in [-0.3, -0.25) is 14.6 Å². The van der Waals surface area contributed by atoms with Crippen LogP contribution in [-0.2, 0) is 11.2 Å². The number of carbonyl (C=O) groups excluding carboxylic acids is 1. The molecule has 0 saturated heterocycles. The number of nitrogens with zero attached hydrogens (tertiary/aromatic N) is 2. The summed E-state index contributed by atoms with van der Waals surface area (Å²) in [7, 11) is 1.61. The van der Waals surface area contributed by atoms with Crippen molar-refractivity contribution in [2.75, 3.05) is 7.11 Å². The molecule has 8 nitrogen and oxygen atoms in total. The Balaban J connectivity index is 1.43. The summed E-state index contributed by atoms with van der Waals surface area (Å²) in [5.74, 6) is 1.54. The van der Waals surface area contributed by atoms with Crippen molar-refractivity contribution in [2.45, 2.75) is 58.1 Å². The van der Waals surface area contributed by atoms with Crippen LogP contribution in [0.25, 0.3) is 11.4 Å². The summed E-state index contributed by atoms with van der Waals surface area (Å²) >= 11 is 0. The number of carbonyl (C=O) groups is 1. The van der Waals surface area contributed by atoms with E-state index in [0.29, 0.717) is 28.4 Å². The Labute approximate surface area is 198 Å². The van der Waals surface area contributed by atoms with E-state index in [-0.39, 0.29) is 30.0 Å². The first kappa shape index (κ1) is 23.5. The summed E-state index contributed by atoms with van der Waals surface area (Å²) in [6.07, 6.45) is 7.96. The number of hydrogen-bond acceptors (Lipinski definition) is 6. The second-order valence-electron chi connectivity index (χ2n) is 8.62. The van der Waals surface area contributed by atoms with Crippen molar-refractivity contribution in [2.24, 2.45) is 0 Å². The molecule has 2 N–H and O–H groups in total. The van der Waals surface area contributed by atoms with Crippen molar-refractivity contribution < 1.29 is 14.3 Å². The van der Waals surface area contributed by atoms with Crippen LogP contribution >= 0.6 is 0 Å². The topological polar surface area (TPSA) is 106 Å². The molecule has 2 aromatic heterocycles. The highest BCUT2D eigenvalue weighted by atomic mass is 16.5. The van der Waals surface area contributed by atoms with Crippen molar-refractivity contribution in [3.8, 4) is 22.9 Å². The van der Waals surface area contributed by atoms with Crippen molar-refractivity contribution in [1.29, 1.82) is 0 Å². The molecule has 1 saturated carbocycles. The van der Waals surface area contributed by atoms with Gasteiger partial charge in [-0.05, 0) is 69.4 Å². The molecule has 8 heteroatoms. The Hall–Kier alpha value is -3.68. The Morgan fingerprint density at radius 2 is 2.03 bits per heavy atom. The van der Waals surface area contributed by atoms with Crippen molar-refractivity contribution in [3.63, 3.8) is 0 Å². The molecule has 3 aromatic rings. The highest BCUT2D eigenvalue weighted by Gasteiger charge is 2.20. The predicted molar refractivity (Wildman–Crippen MR) is 129 cm³/mol. The predicted octanol–water partition coefficient (Wildman–Crippen LogP) is 3.89. The quantitative estimate of drug-likeness (QED) is 0.526. The molecule has 34 heavy (non-hydrogen) atoms. The SMILES string of the molecule is COc1cc(C(C)NC(=O)Cc2c(C)nc(-c3cccnc3)[nH]c2=O)ccc1OC1CCCC1. The molecular weight excluding hydrogens is 432 g/mol. The van der Waals surface area contributed by atoms with E-state index in [0.717, 1.165) is 24.2 Å². The summed E-state index contributed by atoms with van der Waals surface area (Å²) in [5.41, 5.74) is 2.13. The van der Waals surface area contributed by atoms with E-state index >= 15 is 0 Å². The van der Waals surface area contributed by atoms with Gasteiger partial charge in [0.05, 0.1) is 25.7 Å². The van der Waals surface area contributed by atoms with Crippen LogP contribution in [0.1, 0.15) is 55.5 Å². The minimum absolute atomic E-state index is 0.0637. The van der Waals surface area contributed by atoms with E-state index in [1.165, 1.54) is 12.8 Å². The number of rotatable bonds is 8. The minimum Gasteiger partial charge on any atom is -0.493 e. The summed E-state index contributed by atoms with van der Waals surface area (Å²) in [6.45, 7) is 3.63. The Kier molecular flexibility index (Phi) is 7.25. The van der Waals surface area contributed by atoms with Crippen LogP contribution in [0.3, 0.4) is 0 Å². The first-order chi connectivity index (χ1) is 16.4. The fraction of sp³-hybridized carbons (Fsp3) is 0.385. The molecule has 178 valence electrons. The molecule has 0 aliphatic heterocycles. The molecule has 1 fully saturated rings. The number of amides is 1. The molecule has 1 aliphatic carbocycles. The van der Waals surface area contributed by atoms with E-state index in [1.807, 2.05) is 31.2 Å². The van der Waals surface area contributed by atoms with E-state index in [1.54, 1.807) is 32.5 Å². The normalized spacial score (nSPS) is 14.6. The fourth-order valence-corrected chi connectivity index (χ4v) is 4.23. The summed E-state index contributed by atoms with van der Waals surface area (Å²) < 4.78 is 11.6. The molecule has 0 bridgehead atoms. The van der Waals surface area contributed by atoms with Gasteiger partial charge in [-0.25, -0.2) is 4.98 Å². The summed E-state index contributed by atoms with van der Waals surface area (Å²) in [4.78, 5) is 36.7. The first-order valence-corrected chi connectivity index (χ1v) is 11.6. The average Bonchev–Trinajstić information content (AvgIpc) is 3.35. The van der Waals surface area contributed by atoms with Gasteiger partial charge in [-0.2, -0.15) is 0 Å². The number of ether oxygens (including phenoxy) is 2. The molecule has 0 spiro atoms. The van der Waals surface area contributed by atoms with Gasteiger partial charge >= 0.3 is 0 Å². The summed E-state index contributed by atoms with van der Waals surface area (Å²) in [5, 5.41) is 2.96. The van der Waals surface area contributed by atoms with Gasteiger partial charge in [0.25, 0.3) is 5.56 Å². The zero-order valence-electron chi connectivity index (χ0n) is 19.8. The van der Waals surface area contributed by atoms with Gasteiger partial charge < -0.3 is 19.8 Å². The number of nitrogens with one attached hydrogen (secondary N) is 2. The standard InChI is InChI=1S/C26H30N4O4/c1-16(18-10-11-22(23(13-18)33-3)34-20-8-4-5-9-20)28-24(31)14-21-17(2)29-25(30-26(21)32)19-7-6-12-27-15-19/h6-7,10-13,15-16,20H,4-5,8-9,14H2,1-3H3,(H,28,31)(H,29,30,32). The second kappa shape index (κ2) is 10.5. The number of aromatic nitrogens is 3. The lowest BCUT2D eigenvalue weighted by Crippen LogP contribution is -2.31. The maximum atomic E-state index is 12.7. The average molecular weight is 463 g/mol. The Morgan fingerprint density at radius 1 is 1.24 bits per heavy atom. The lowest BCUT2D eigenvalue weighted by atomic mass is 10.1. The maximum Gasteiger partial charge on any atom is 0.255 e. The molecule has 1 unspecified atom stereocenters. The second-order valence-corrected chi connectivity index (χ2v) is 8.62. The van der Waals surface area contributed by atoms with Crippen LogP contribution in [-0.4, -0.2) is 34.1 Å². The highest BCUT2D eigenvalue weighted by molar-refractivity contribution is 5.79. The van der Waals surface area contributed by atoms with Crippen molar-refractivity contribution >= 4 is 5.91 Å². The largest absolute Gasteiger partial charge is 0.493 e. The number of hydrogen-bond donors (Lipinski definition) is 2. The van der Waals surface area contributed by atoms with Crippen LogP contribution in [0, 0.1) is 6.92 Å². The third-order valence-electron chi connectivity index (χ3n) is 6.16. The minimum atomic E-state index is -0.329. The van der Waals surface area contributed by atoms with E-state index in [9.17, 15) is 9.59 Å². The van der Waals surface area contributed by atoms with Crippen LogP contribution in [0.5, 0.6) is 11.5 Å². The lowest BCUT2D eigenvalue weighted by molar-refractivity contribution is -0.121. The molecule has 4 rings (SSSR count). The van der Waals surface area contributed by atoms with Gasteiger partial charge in [0.2, 0.25) is 5.91 Å². The fourth-order valence-electron chi connectivity index (χ4n) is 4.23. The van der Waals surface area contributed by atoms with Gasteiger partial charge in [-0.15, -0.1) is 0 Å². The zero-order chi connectivity index (χ0) is 24.1. The smallest absolute Gasteiger partial charge is 0.255 e. The zero-order valence-corrected chi connectivity index (χ0v) is 19.8. The van der Waals surface area contributed by atoms with Crippen LogP contribution in [0.4, 0.5) is 0 Å². The Morgan fingerprint density at radius 3 is 2.71 bits per heavy atom. The van der Waals surface area contributed by atoms with Gasteiger partial charge in [0.1, 0.15) is 5.82 Å². The number of H-pyrrole nitrogens is 1. The van der Waals surface area contributed by atoms with E-state index < -0.39 is 0 Å². The molecule has 1 atom stereocenters.